The fourth-order valence-corrected chi connectivity index (χ4v) is 1.07. The summed E-state index contributed by atoms with van der Waals surface area (Å²) in [7, 11) is -1.91. The zero-order chi connectivity index (χ0) is 10.1. The van der Waals surface area contributed by atoms with Crippen LogP contribution in [-0.4, -0.2) is 54.1 Å². The molecule has 1 atom stereocenters. The Morgan fingerprint density at radius 1 is 1.54 bits per heavy atom. The van der Waals surface area contributed by atoms with Crippen molar-refractivity contribution in [3.05, 3.63) is 0 Å². The minimum Gasteiger partial charge on any atom is -0.426 e. The van der Waals surface area contributed by atoms with E-state index in [4.69, 9.17) is 10.0 Å². The van der Waals surface area contributed by atoms with Gasteiger partial charge in [-0.05, 0) is 0 Å². The van der Waals surface area contributed by atoms with Gasteiger partial charge in [0.05, 0.1) is 6.61 Å². The highest BCUT2D eigenvalue weighted by Crippen LogP contribution is 2.29. The van der Waals surface area contributed by atoms with Crippen molar-refractivity contribution in [2.45, 2.75) is 12.4 Å². The van der Waals surface area contributed by atoms with Gasteiger partial charge in [0.15, 0.2) is 0 Å². The van der Waals surface area contributed by atoms with Crippen LogP contribution in [0.2, 0.25) is 0 Å². The molecule has 76 valence electrons. The van der Waals surface area contributed by atoms with Crippen LogP contribution >= 0.6 is 0 Å². The van der Waals surface area contributed by atoms with Crippen LogP contribution in [0.3, 0.4) is 0 Å². The van der Waals surface area contributed by atoms with Gasteiger partial charge in [0.2, 0.25) is 0 Å². The van der Waals surface area contributed by atoms with Crippen LogP contribution < -0.4 is 0 Å². The minimum atomic E-state index is -3.79. The average molecular weight is 199 g/mol. The minimum absolute atomic E-state index is 0.191. The van der Waals surface area contributed by atoms with Gasteiger partial charge in [-0.1, -0.05) is 0 Å². The Kier molecular flexibility index (Phi) is 3.17. The molecule has 0 spiro atoms. The normalized spacial score (nSPS) is 28.8. The van der Waals surface area contributed by atoms with Crippen molar-refractivity contribution in [2.24, 2.45) is 0 Å². The number of hydrogen-bond donors (Lipinski definition) is 2. The molecule has 1 rings (SSSR count). The van der Waals surface area contributed by atoms with Crippen LogP contribution in [-0.2, 0) is 4.74 Å². The number of alkyl halides is 3. The van der Waals surface area contributed by atoms with Crippen LogP contribution in [0.15, 0.2) is 0 Å². The molecule has 0 amide bonds. The maximum Gasteiger partial charge on any atom is 0.466 e. The molecule has 2 N–H and O–H groups in total. The van der Waals surface area contributed by atoms with E-state index in [2.05, 4.69) is 4.74 Å². The summed E-state index contributed by atoms with van der Waals surface area (Å²) in [5.41, 5.74) is 0. The van der Waals surface area contributed by atoms with Gasteiger partial charge in [-0.15, -0.1) is 0 Å². The molecule has 1 heterocycles. The molecule has 1 fully saturated rings. The summed E-state index contributed by atoms with van der Waals surface area (Å²) in [6, 6.07) is -3.79. The summed E-state index contributed by atoms with van der Waals surface area (Å²) in [5.74, 6) is 0. The lowest BCUT2D eigenvalue weighted by atomic mass is 9.91. The van der Waals surface area contributed by atoms with Gasteiger partial charge in [0.25, 0.3) is 6.36 Å². The van der Waals surface area contributed by atoms with E-state index in [1.165, 1.54) is 0 Å². The lowest BCUT2D eigenvalue weighted by Crippen LogP contribution is -2.57. The quantitative estimate of drug-likeness (QED) is 0.452. The Bertz CT molecular complexity index is 182. The van der Waals surface area contributed by atoms with Gasteiger partial charge >= 0.3 is 13.2 Å². The lowest BCUT2D eigenvalue weighted by molar-refractivity contribution is -0.296. The Balaban J connectivity index is 2.61. The summed E-state index contributed by atoms with van der Waals surface area (Å²) >= 11 is 0. The third kappa shape index (κ3) is 2.34. The third-order valence-electron chi connectivity index (χ3n) is 1.70. The Morgan fingerprint density at radius 2 is 2.15 bits per heavy atom. The smallest absolute Gasteiger partial charge is 0.426 e. The highest BCUT2D eigenvalue weighted by molar-refractivity contribution is 6.41. The molecular formula is C5H9BF3NO3. The van der Waals surface area contributed by atoms with Crippen molar-refractivity contribution in [1.82, 2.24) is 4.90 Å². The molecule has 0 radical (unpaired) electrons. The third-order valence-corrected chi connectivity index (χ3v) is 1.70. The second-order valence-corrected chi connectivity index (χ2v) is 2.70. The van der Waals surface area contributed by atoms with Crippen molar-refractivity contribution < 1.29 is 28.0 Å². The Labute approximate surface area is 73.0 Å². The summed E-state index contributed by atoms with van der Waals surface area (Å²) < 4.78 is 42.2. The van der Waals surface area contributed by atoms with Crippen LogP contribution in [0.25, 0.3) is 0 Å². The molecule has 1 saturated heterocycles. The fourth-order valence-electron chi connectivity index (χ4n) is 1.07. The first-order valence-electron chi connectivity index (χ1n) is 3.69. The first-order valence-corrected chi connectivity index (χ1v) is 3.69. The van der Waals surface area contributed by atoms with Crippen molar-refractivity contribution >= 4 is 7.12 Å². The van der Waals surface area contributed by atoms with Gasteiger partial charge in [-0.25, -0.2) is 9.29 Å². The van der Waals surface area contributed by atoms with Crippen LogP contribution in [0.5, 0.6) is 0 Å². The standard InChI is InChI=1S/C5H9BF3NO3/c7-4-5(8,9)10(1-2-13-4)3-6(11)12/h4,11-12H,1-3H2. The number of morpholine rings is 1. The zero-order valence-corrected chi connectivity index (χ0v) is 6.66. The van der Waals surface area contributed by atoms with E-state index < -0.39 is 26.0 Å². The summed E-state index contributed by atoms with van der Waals surface area (Å²) in [5, 5.41) is 16.9. The molecule has 0 aliphatic carbocycles. The molecule has 13 heavy (non-hydrogen) atoms. The van der Waals surface area contributed by atoms with E-state index in [0.717, 1.165) is 0 Å². The highest BCUT2D eigenvalue weighted by Gasteiger charge is 2.50. The van der Waals surface area contributed by atoms with Crippen LogP contribution in [0.4, 0.5) is 13.2 Å². The van der Waals surface area contributed by atoms with E-state index in [-0.39, 0.29) is 13.2 Å². The van der Waals surface area contributed by atoms with Crippen LogP contribution in [0, 0.1) is 0 Å². The van der Waals surface area contributed by atoms with E-state index >= 15 is 0 Å². The summed E-state index contributed by atoms with van der Waals surface area (Å²) in [6.07, 6.45) is -3.41. The second-order valence-electron chi connectivity index (χ2n) is 2.70. The highest BCUT2D eigenvalue weighted by atomic mass is 19.3. The molecule has 0 aromatic heterocycles. The predicted molar refractivity (Wildman–Crippen MR) is 37.6 cm³/mol. The number of nitrogens with zero attached hydrogens (tertiary/aromatic N) is 1. The van der Waals surface area contributed by atoms with Gasteiger partial charge in [0.1, 0.15) is 0 Å². The van der Waals surface area contributed by atoms with Crippen LogP contribution in [0.1, 0.15) is 0 Å². The zero-order valence-electron chi connectivity index (χ0n) is 6.66. The molecule has 0 aromatic rings. The maximum atomic E-state index is 12.8. The van der Waals surface area contributed by atoms with Crippen molar-refractivity contribution in [2.75, 3.05) is 19.6 Å². The van der Waals surface area contributed by atoms with E-state index in [9.17, 15) is 13.2 Å². The Morgan fingerprint density at radius 3 is 2.69 bits per heavy atom. The topological polar surface area (TPSA) is 52.9 Å². The largest absolute Gasteiger partial charge is 0.466 e. The summed E-state index contributed by atoms with van der Waals surface area (Å²) in [4.78, 5) is 0.339. The van der Waals surface area contributed by atoms with Gasteiger partial charge in [-0.2, -0.15) is 8.78 Å². The lowest BCUT2D eigenvalue weighted by Gasteiger charge is -2.36. The first-order chi connectivity index (χ1) is 5.94. The summed E-state index contributed by atoms with van der Waals surface area (Å²) in [6.45, 7) is -0.422. The molecule has 0 bridgehead atoms. The van der Waals surface area contributed by atoms with Crippen molar-refractivity contribution in [1.29, 1.82) is 0 Å². The predicted octanol–water partition coefficient (Wildman–Crippen LogP) is -0.781. The number of halogens is 3. The monoisotopic (exact) mass is 199 g/mol. The molecule has 8 heteroatoms. The molecular weight excluding hydrogens is 190 g/mol. The van der Waals surface area contributed by atoms with Crippen molar-refractivity contribution in [3.63, 3.8) is 0 Å². The van der Waals surface area contributed by atoms with E-state index in [1.54, 1.807) is 0 Å². The maximum absolute atomic E-state index is 12.8. The Hall–Kier alpha value is -0.305. The average Bonchev–Trinajstić information content (AvgIpc) is 1.99. The number of hydrogen-bond acceptors (Lipinski definition) is 4. The molecule has 0 aromatic carbocycles. The molecule has 4 nitrogen and oxygen atoms in total. The number of rotatable bonds is 2. The first kappa shape index (κ1) is 10.8. The molecule has 1 unspecified atom stereocenters. The molecule has 1 aliphatic rings. The fraction of sp³-hybridized carbons (Fsp3) is 1.00. The SMILES string of the molecule is OB(O)CN1CCOC(F)C1(F)F. The van der Waals surface area contributed by atoms with E-state index in [0.29, 0.717) is 4.90 Å². The number of ether oxygens (including phenoxy) is 1. The molecule has 0 saturated carbocycles. The van der Waals surface area contributed by atoms with E-state index in [1.807, 2.05) is 0 Å². The van der Waals surface area contributed by atoms with Gasteiger partial charge in [0, 0.05) is 13.0 Å². The van der Waals surface area contributed by atoms with Gasteiger partial charge < -0.3 is 14.8 Å². The van der Waals surface area contributed by atoms with Crippen molar-refractivity contribution in [3.8, 4) is 0 Å². The van der Waals surface area contributed by atoms with Gasteiger partial charge in [-0.3, -0.25) is 0 Å². The molecule has 1 aliphatic heterocycles. The second kappa shape index (κ2) is 3.83.